The maximum absolute atomic E-state index is 12.7. The van der Waals surface area contributed by atoms with Crippen LogP contribution in [0.15, 0.2) is 29.4 Å². The monoisotopic (exact) mass is 226 g/mol. The van der Waals surface area contributed by atoms with E-state index < -0.39 is 11.7 Å². The van der Waals surface area contributed by atoms with Gasteiger partial charge in [0.15, 0.2) is 0 Å². The van der Waals surface area contributed by atoms with Crippen LogP contribution in [0.5, 0.6) is 0 Å². The minimum atomic E-state index is -4.36. The maximum Gasteiger partial charge on any atom is 0.418 e. The quantitative estimate of drug-likeness (QED) is 0.722. The van der Waals surface area contributed by atoms with E-state index in [1.807, 2.05) is 0 Å². The molecule has 0 bridgehead atoms. The summed E-state index contributed by atoms with van der Waals surface area (Å²) in [5, 5.41) is 0. The van der Waals surface area contributed by atoms with E-state index in [-0.39, 0.29) is 5.69 Å². The van der Waals surface area contributed by atoms with Gasteiger partial charge in [0.05, 0.1) is 11.3 Å². The van der Waals surface area contributed by atoms with Gasteiger partial charge in [-0.1, -0.05) is 0 Å². The average Bonchev–Trinajstić information content (AvgIpc) is 2.29. The molecule has 2 heterocycles. The molecule has 2 nitrogen and oxygen atoms in total. The molecule has 5 heteroatoms. The SMILES string of the molecule is FC(F)(F)c1cccnc1C1=CC=NCC1. The number of aromatic nitrogens is 1. The molecule has 1 aromatic rings. The zero-order valence-electron chi connectivity index (χ0n) is 8.33. The minimum absolute atomic E-state index is 0.0150. The second-order valence-electron chi connectivity index (χ2n) is 3.39. The van der Waals surface area contributed by atoms with Crippen molar-refractivity contribution in [1.82, 2.24) is 4.98 Å². The molecular formula is C11H9F3N2. The molecule has 0 atom stereocenters. The van der Waals surface area contributed by atoms with Crippen molar-refractivity contribution in [3.63, 3.8) is 0 Å². The normalized spacial score (nSPS) is 16.1. The van der Waals surface area contributed by atoms with E-state index in [0.717, 1.165) is 6.07 Å². The van der Waals surface area contributed by atoms with Crippen LogP contribution in [0.1, 0.15) is 17.7 Å². The summed E-state index contributed by atoms with van der Waals surface area (Å²) >= 11 is 0. The number of hydrogen-bond donors (Lipinski definition) is 0. The predicted molar refractivity (Wildman–Crippen MR) is 55.2 cm³/mol. The van der Waals surface area contributed by atoms with Crippen molar-refractivity contribution in [1.29, 1.82) is 0 Å². The van der Waals surface area contributed by atoms with Crippen LogP contribution in [0.3, 0.4) is 0 Å². The smallest absolute Gasteiger partial charge is 0.293 e. The lowest BCUT2D eigenvalue weighted by Gasteiger charge is -2.14. The van der Waals surface area contributed by atoms with Gasteiger partial charge >= 0.3 is 6.18 Å². The Bertz CT molecular complexity index is 447. The Morgan fingerprint density at radius 1 is 1.25 bits per heavy atom. The molecule has 0 unspecified atom stereocenters. The molecule has 0 fully saturated rings. The van der Waals surface area contributed by atoms with Crippen LogP contribution in [0.25, 0.3) is 5.57 Å². The first kappa shape index (κ1) is 10.9. The fraction of sp³-hybridized carbons (Fsp3) is 0.273. The number of rotatable bonds is 1. The van der Waals surface area contributed by atoms with Crippen molar-refractivity contribution in [2.75, 3.05) is 6.54 Å². The zero-order valence-corrected chi connectivity index (χ0v) is 8.33. The molecule has 0 saturated heterocycles. The summed E-state index contributed by atoms with van der Waals surface area (Å²) in [6, 6.07) is 2.35. The number of hydrogen-bond acceptors (Lipinski definition) is 2. The first-order valence-corrected chi connectivity index (χ1v) is 4.80. The fourth-order valence-electron chi connectivity index (χ4n) is 1.57. The van der Waals surface area contributed by atoms with Gasteiger partial charge in [-0.3, -0.25) is 9.98 Å². The van der Waals surface area contributed by atoms with Crippen molar-refractivity contribution in [2.45, 2.75) is 12.6 Å². The van der Waals surface area contributed by atoms with Gasteiger partial charge in [-0.15, -0.1) is 0 Å². The second-order valence-corrected chi connectivity index (χ2v) is 3.39. The third-order valence-electron chi connectivity index (χ3n) is 2.31. The molecule has 1 aliphatic heterocycles. The summed E-state index contributed by atoms with van der Waals surface area (Å²) in [5.41, 5.74) is -0.0828. The van der Waals surface area contributed by atoms with Gasteiger partial charge in [-0.2, -0.15) is 13.2 Å². The molecule has 16 heavy (non-hydrogen) atoms. The number of pyridine rings is 1. The summed E-state index contributed by atoms with van der Waals surface area (Å²) in [5.74, 6) is 0. The van der Waals surface area contributed by atoms with Gasteiger partial charge in [0.1, 0.15) is 0 Å². The Morgan fingerprint density at radius 2 is 2.06 bits per heavy atom. The van der Waals surface area contributed by atoms with Crippen molar-refractivity contribution >= 4 is 11.8 Å². The van der Waals surface area contributed by atoms with E-state index in [1.165, 1.54) is 18.5 Å². The highest BCUT2D eigenvalue weighted by atomic mass is 19.4. The molecule has 0 aromatic carbocycles. The highest BCUT2D eigenvalue weighted by Crippen LogP contribution is 2.34. The third-order valence-corrected chi connectivity index (χ3v) is 2.31. The van der Waals surface area contributed by atoms with E-state index in [9.17, 15) is 13.2 Å². The van der Waals surface area contributed by atoms with Crippen molar-refractivity contribution < 1.29 is 13.2 Å². The number of aliphatic imine (C=N–C) groups is 1. The van der Waals surface area contributed by atoms with E-state index in [0.29, 0.717) is 18.5 Å². The fourth-order valence-corrected chi connectivity index (χ4v) is 1.57. The Kier molecular flexibility index (Phi) is 2.77. The van der Waals surface area contributed by atoms with Crippen LogP contribution >= 0.6 is 0 Å². The highest BCUT2D eigenvalue weighted by molar-refractivity contribution is 5.86. The Balaban J connectivity index is 2.48. The first-order chi connectivity index (χ1) is 7.59. The maximum atomic E-state index is 12.7. The van der Waals surface area contributed by atoms with Crippen molar-refractivity contribution in [3.8, 4) is 0 Å². The molecule has 84 valence electrons. The summed E-state index contributed by atoms with van der Waals surface area (Å²) < 4.78 is 38.1. The number of nitrogens with zero attached hydrogens (tertiary/aromatic N) is 2. The zero-order chi connectivity index (χ0) is 11.6. The van der Waals surface area contributed by atoms with E-state index in [1.54, 1.807) is 6.08 Å². The van der Waals surface area contributed by atoms with Crippen molar-refractivity contribution in [2.24, 2.45) is 4.99 Å². The Hall–Kier alpha value is -1.65. The topological polar surface area (TPSA) is 25.2 Å². The van der Waals surface area contributed by atoms with E-state index in [2.05, 4.69) is 9.98 Å². The number of halogens is 3. The number of allylic oxidation sites excluding steroid dienone is 1. The molecule has 0 saturated carbocycles. The van der Waals surface area contributed by atoms with Crippen molar-refractivity contribution in [3.05, 3.63) is 35.7 Å². The first-order valence-electron chi connectivity index (χ1n) is 4.80. The van der Waals surface area contributed by atoms with Crippen LogP contribution in [-0.4, -0.2) is 17.7 Å². The molecule has 0 amide bonds. The molecule has 1 aliphatic rings. The van der Waals surface area contributed by atoms with Crippen LogP contribution < -0.4 is 0 Å². The standard InChI is InChI=1S/C11H9F3N2/c12-11(13,14)9-2-1-5-16-10(9)8-3-6-15-7-4-8/h1-3,5-6H,4,7H2. The van der Waals surface area contributed by atoms with E-state index >= 15 is 0 Å². The molecule has 0 N–H and O–H groups in total. The molecule has 1 aromatic heterocycles. The summed E-state index contributed by atoms with van der Waals surface area (Å²) in [7, 11) is 0. The van der Waals surface area contributed by atoms with Crippen LogP contribution in [0, 0.1) is 0 Å². The number of dihydropyridines is 1. The lowest BCUT2D eigenvalue weighted by Crippen LogP contribution is -2.11. The van der Waals surface area contributed by atoms with Gasteiger partial charge in [0.25, 0.3) is 0 Å². The van der Waals surface area contributed by atoms with Gasteiger partial charge in [0, 0.05) is 19.0 Å². The van der Waals surface area contributed by atoms with Crippen LogP contribution in [-0.2, 0) is 6.18 Å². The van der Waals surface area contributed by atoms with E-state index in [4.69, 9.17) is 0 Å². The largest absolute Gasteiger partial charge is 0.418 e. The Labute approximate surface area is 90.5 Å². The molecule has 0 radical (unpaired) electrons. The Morgan fingerprint density at radius 3 is 2.69 bits per heavy atom. The van der Waals surface area contributed by atoms with Gasteiger partial charge in [0.2, 0.25) is 0 Å². The number of alkyl halides is 3. The summed E-state index contributed by atoms with van der Waals surface area (Å²) in [4.78, 5) is 7.75. The van der Waals surface area contributed by atoms with Gasteiger partial charge in [-0.25, -0.2) is 0 Å². The highest BCUT2D eigenvalue weighted by Gasteiger charge is 2.34. The third kappa shape index (κ3) is 2.13. The average molecular weight is 226 g/mol. The second kappa shape index (κ2) is 4.08. The molecule has 0 aliphatic carbocycles. The van der Waals surface area contributed by atoms with Crippen LogP contribution in [0.4, 0.5) is 13.2 Å². The predicted octanol–water partition coefficient (Wildman–Crippen LogP) is 2.96. The molecule has 0 spiro atoms. The summed E-state index contributed by atoms with van der Waals surface area (Å²) in [6.07, 6.45) is 0.613. The lowest BCUT2D eigenvalue weighted by molar-refractivity contribution is -0.138. The minimum Gasteiger partial charge on any atom is -0.293 e. The lowest BCUT2D eigenvalue weighted by atomic mass is 10.0. The van der Waals surface area contributed by atoms with Crippen LogP contribution in [0.2, 0.25) is 0 Å². The summed E-state index contributed by atoms with van der Waals surface area (Å²) in [6.45, 7) is 0.514. The molecular weight excluding hydrogens is 217 g/mol. The van der Waals surface area contributed by atoms with Gasteiger partial charge < -0.3 is 0 Å². The van der Waals surface area contributed by atoms with Gasteiger partial charge in [-0.05, 0) is 30.2 Å². The molecule has 2 rings (SSSR count).